The lowest BCUT2D eigenvalue weighted by Crippen LogP contribution is -2.00. The van der Waals surface area contributed by atoms with E-state index in [1.807, 2.05) is 42.5 Å². The average Bonchev–Trinajstić information content (AvgIpc) is 3.56. The standard InChI is InChI=1S/C45H27N3O/c1-2-11-31(12-3-1)43-46-44(35-22-20-30-19-18-29-10-6-7-14-36(29)38(30)27-35)48-45(47-43)37-15-8-16-41-42(37)39-26-34(23-24-40(39)49-41)33-21-17-28-9-4-5-13-32(28)25-33/h1-27H. The van der Waals surface area contributed by atoms with Crippen LogP contribution in [0.15, 0.2) is 168 Å². The van der Waals surface area contributed by atoms with E-state index in [0.717, 1.165) is 49.8 Å². The molecule has 0 fully saturated rings. The van der Waals surface area contributed by atoms with Gasteiger partial charge in [-0.1, -0.05) is 133 Å². The molecule has 4 nitrogen and oxygen atoms in total. The van der Waals surface area contributed by atoms with Crippen molar-refractivity contribution in [2.24, 2.45) is 0 Å². The van der Waals surface area contributed by atoms with Gasteiger partial charge in [0.25, 0.3) is 0 Å². The van der Waals surface area contributed by atoms with E-state index < -0.39 is 0 Å². The van der Waals surface area contributed by atoms with Crippen LogP contribution in [-0.2, 0) is 0 Å². The molecule has 10 rings (SSSR count). The Labute approximate surface area is 282 Å². The predicted octanol–water partition coefficient (Wildman–Crippen LogP) is 11.9. The van der Waals surface area contributed by atoms with Gasteiger partial charge in [-0.05, 0) is 73.8 Å². The van der Waals surface area contributed by atoms with Gasteiger partial charge in [-0.3, -0.25) is 0 Å². The second-order valence-electron chi connectivity index (χ2n) is 12.4. The SMILES string of the molecule is c1ccc(-c2nc(-c3ccc4ccc5ccccc5c4c3)nc(-c3cccc4oc5ccc(-c6ccc7ccccc7c6)cc5c34)n2)cc1. The Morgan fingerprint density at radius 3 is 1.82 bits per heavy atom. The average molecular weight is 626 g/mol. The molecule has 2 heterocycles. The molecule has 4 heteroatoms. The van der Waals surface area contributed by atoms with Crippen LogP contribution in [0.5, 0.6) is 0 Å². The fourth-order valence-corrected chi connectivity index (χ4v) is 7.04. The van der Waals surface area contributed by atoms with Crippen LogP contribution in [-0.4, -0.2) is 15.0 Å². The lowest BCUT2D eigenvalue weighted by molar-refractivity contribution is 0.669. The van der Waals surface area contributed by atoms with Crippen molar-refractivity contribution >= 4 is 54.3 Å². The summed E-state index contributed by atoms with van der Waals surface area (Å²) in [5.74, 6) is 1.85. The summed E-state index contributed by atoms with van der Waals surface area (Å²) in [4.78, 5) is 15.3. The Morgan fingerprint density at radius 2 is 0.939 bits per heavy atom. The zero-order valence-corrected chi connectivity index (χ0v) is 26.3. The van der Waals surface area contributed by atoms with E-state index in [4.69, 9.17) is 19.4 Å². The number of nitrogens with zero attached hydrogens (tertiary/aromatic N) is 3. The second kappa shape index (κ2) is 11.0. The summed E-state index contributed by atoms with van der Waals surface area (Å²) in [5.41, 5.74) is 6.67. The molecule has 0 saturated carbocycles. The Bertz CT molecular complexity index is 2890. The first-order valence-electron chi connectivity index (χ1n) is 16.4. The molecule has 0 saturated heterocycles. The van der Waals surface area contributed by atoms with Crippen LogP contribution < -0.4 is 0 Å². The number of fused-ring (bicyclic) bond motifs is 7. The van der Waals surface area contributed by atoms with Crippen LogP contribution in [0, 0.1) is 0 Å². The summed E-state index contributed by atoms with van der Waals surface area (Å²) in [6, 6.07) is 57.0. The fourth-order valence-electron chi connectivity index (χ4n) is 7.04. The smallest absolute Gasteiger partial charge is 0.164 e. The molecule has 0 aliphatic carbocycles. The fraction of sp³-hybridized carbons (Fsp3) is 0. The zero-order valence-electron chi connectivity index (χ0n) is 26.3. The lowest BCUT2D eigenvalue weighted by Gasteiger charge is -2.11. The topological polar surface area (TPSA) is 51.8 Å². The highest BCUT2D eigenvalue weighted by Crippen LogP contribution is 2.39. The molecule has 0 atom stereocenters. The molecule has 0 radical (unpaired) electrons. The largest absolute Gasteiger partial charge is 0.456 e. The number of hydrogen-bond donors (Lipinski definition) is 0. The van der Waals surface area contributed by atoms with E-state index in [1.165, 1.54) is 32.3 Å². The number of benzene rings is 8. The van der Waals surface area contributed by atoms with Crippen LogP contribution in [0.25, 0.3) is 99.5 Å². The van der Waals surface area contributed by atoms with Gasteiger partial charge >= 0.3 is 0 Å². The maximum atomic E-state index is 6.42. The highest BCUT2D eigenvalue weighted by Gasteiger charge is 2.19. The summed E-state index contributed by atoms with van der Waals surface area (Å²) in [5, 5.41) is 9.21. The van der Waals surface area contributed by atoms with Crippen LogP contribution in [0.3, 0.4) is 0 Å². The lowest BCUT2D eigenvalue weighted by atomic mass is 9.98. The molecular weight excluding hydrogens is 599 g/mol. The molecule has 0 aliphatic rings. The van der Waals surface area contributed by atoms with Crippen molar-refractivity contribution < 1.29 is 4.42 Å². The van der Waals surface area contributed by atoms with Gasteiger partial charge in [-0.15, -0.1) is 0 Å². The van der Waals surface area contributed by atoms with Gasteiger partial charge in [0, 0.05) is 27.5 Å². The molecule has 0 spiro atoms. The molecule has 0 bridgehead atoms. The summed E-state index contributed by atoms with van der Waals surface area (Å²) in [7, 11) is 0. The Kier molecular flexibility index (Phi) is 6.15. The number of hydrogen-bond acceptors (Lipinski definition) is 4. The minimum absolute atomic E-state index is 0.603. The maximum absolute atomic E-state index is 6.42. The molecule has 0 aliphatic heterocycles. The van der Waals surface area contributed by atoms with Gasteiger partial charge in [-0.25, -0.2) is 15.0 Å². The number of furan rings is 1. The Morgan fingerprint density at radius 1 is 0.327 bits per heavy atom. The molecule has 228 valence electrons. The Balaban J connectivity index is 1.19. The van der Waals surface area contributed by atoms with Crippen molar-refractivity contribution in [1.29, 1.82) is 0 Å². The third-order valence-electron chi connectivity index (χ3n) is 9.49. The zero-order chi connectivity index (χ0) is 32.3. The Hall–Kier alpha value is -6.65. The van der Waals surface area contributed by atoms with E-state index in [9.17, 15) is 0 Å². The van der Waals surface area contributed by atoms with E-state index in [2.05, 4.69) is 121 Å². The van der Waals surface area contributed by atoms with Crippen molar-refractivity contribution in [2.45, 2.75) is 0 Å². The highest BCUT2D eigenvalue weighted by molar-refractivity contribution is 6.13. The van der Waals surface area contributed by atoms with Crippen molar-refractivity contribution in [3.05, 3.63) is 164 Å². The van der Waals surface area contributed by atoms with Gasteiger partial charge < -0.3 is 4.42 Å². The van der Waals surface area contributed by atoms with Gasteiger partial charge in [0.2, 0.25) is 0 Å². The minimum atomic E-state index is 0.603. The van der Waals surface area contributed by atoms with Crippen molar-refractivity contribution in [1.82, 2.24) is 15.0 Å². The monoisotopic (exact) mass is 625 g/mol. The number of rotatable bonds is 4. The van der Waals surface area contributed by atoms with Crippen molar-refractivity contribution in [3.8, 4) is 45.3 Å². The number of aromatic nitrogens is 3. The molecule has 49 heavy (non-hydrogen) atoms. The predicted molar refractivity (Wildman–Crippen MR) is 201 cm³/mol. The second-order valence-corrected chi connectivity index (χ2v) is 12.4. The minimum Gasteiger partial charge on any atom is -0.456 e. The molecule has 0 unspecified atom stereocenters. The van der Waals surface area contributed by atoms with Gasteiger partial charge in [0.05, 0.1) is 0 Å². The van der Waals surface area contributed by atoms with Gasteiger partial charge in [-0.2, -0.15) is 0 Å². The van der Waals surface area contributed by atoms with Crippen LogP contribution >= 0.6 is 0 Å². The van der Waals surface area contributed by atoms with Gasteiger partial charge in [0.15, 0.2) is 17.5 Å². The highest BCUT2D eigenvalue weighted by atomic mass is 16.3. The molecule has 0 N–H and O–H groups in total. The summed E-state index contributed by atoms with van der Waals surface area (Å²) >= 11 is 0. The maximum Gasteiger partial charge on any atom is 0.164 e. The molecule has 0 amide bonds. The van der Waals surface area contributed by atoms with Crippen LogP contribution in [0.1, 0.15) is 0 Å². The summed E-state index contributed by atoms with van der Waals surface area (Å²) in [6.07, 6.45) is 0. The van der Waals surface area contributed by atoms with E-state index in [0.29, 0.717) is 17.5 Å². The van der Waals surface area contributed by atoms with Crippen molar-refractivity contribution in [2.75, 3.05) is 0 Å². The summed E-state index contributed by atoms with van der Waals surface area (Å²) < 4.78 is 6.42. The molecule has 8 aromatic carbocycles. The van der Waals surface area contributed by atoms with Crippen LogP contribution in [0.4, 0.5) is 0 Å². The third kappa shape index (κ3) is 4.65. The quantitative estimate of drug-likeness (QED) is 0.183. The van der Waals surface area contributed by atoms with E-state index >= 15 is 0 Å². The normalized spacial score (nSPS) is 11.7. The first-order chi connectivity index (χ1) is 24.2. The van der Waals surface area contributed by atoms with E-state index in [1.54, 1.807) is 0 Å². The molecule has 10 aromatic rings. The first kappa shape index (κ1) is 27.5. The summed E-state index contributed by atoms with van der Waals surface area (Å²) in [6.45, 7) is 0. The third-order valence-corrected chi connectivity index (χ3v) is 9.49. The first-order valence-corrected chi connectivity index (χ1v) is 16.4. The van der Waals surface area contributed by atoms with Gasteiger partial charge in [0.1, 0.15) is 11.2 Å². The van der Waals surface area contributed by atoms with Crippen LogP contribution in [0.2, 0.25) is 0 Å². The molecular formula is C45H27N3O. The van der Waals surface area contributed by atoms with Crippen molar-refractivity contribution in [3.63, 3.8) is 0 Å². The van der Waals surface area contributed by atoms with E-state index in [-0.39, 0.29) is 0 Å². The molecule has 2 aromatic heterocycles.